The average Bonchev–Trinajstić information content (AvgIpc) is 2.25. The third-order valence-electron chi connectivity index (χ3n) is 2.13. The van der Waals surface area contributed by atoms with Gasteiger partial charge in [0, 0.05) is 18.2 Å². The van der Waals surface area contributed by atoms with Gasteiger partial charge in [-0.25, -0.2) is 13.1 Å². The maximum atomic E-state index is 12.1. The summed E-state index contributed by atoms with van der Waals surface area (Å²) in [5.74, 6) is 0. The molecule has 0 saturated carbocycles. The van der Waals surface area contributed by atoms with Gasteiger partial charge in [0.1, 0.15) is 0 Å². The molecule has 114 valence electrons. The lowest BCUT2D eigenvalue weighted by atomic mass is 10.1. The molecule has 1 aromatic carbocycles. The standard InChI is InChI=1S/C10H14ClN3O4S.ClH/c1-10(2,12)6-13-19(17,18)9-7(11)4-3-5-8(9)14(15)16;/h3-5,13H,6,12H2,1-2H3;1H. The lowest BCUT2D eigenvalue weighted by Gasteiger charge is -2.19. The maximum Gasteiger partial charge on any atom is 0.290 e. The van der Waals surface area contributed by atoms with Crippen molar-refractivity contribution in [3.05, 3.63) is 33.3 Å². The van der Waals surface area contributed by atoms with Crippen LogP contribution in [-0.2, 0) is 10.0 Å². The number of hydrogen-bond acceptors (Lipinski definition) is 5. The van der Waals surface area contributed by atoms with Crippen molar-refractivity contribution in [2.75, 3.05) is 6.54 Å². The lowest BCUT2D eigenvalue weighted by Crippen LogP contribution is -2.45. The van der Waals surface area contributed by atoms with E-state index in [1.165, 1.54) is 12.1 Å². The Balaban J connectivity index is 0.00000361. The molecule has 0 atom stereocenters. The maximum absolute atomic E-state index is 12.1. The Morgan fingerprint density at radius 3 is 2.45 bits per heavy atom. The molecule has 3 N–H and O–H groups in total. The Morgan fingerprint density at radius 2 is 2.00 bits per heavy atom. The third kappa shape index (κ3) is 4.88. The monoisotopic (exact) mass is 343 g/mol. The van der Waals surface area contributed by atoms with Crippen LogP contribution in [0.4, 0.5) is 5.69 Å². The molecule has 0 spiro atoms. The number of sulfonamides is 1. The highest BCUT2D eigenvalue weighted by atomic mass is 35.5. The molecule has 0 fully saturated rings. The molecule has 0 aliphatic carbocycles. The zero-order chi connectivity index (χ0) is 14.8. The largest absolute Gasteiger partial charge is 0.324 e. The molecule has 0 aliphatic rings. The third-order valence-corrected chi connectivity index (χ3v) is 4.05. The van der Waals surface area contributed by atoms with Crippen molar-refractivity contribution in [1.82, 2.24) is 4.72 Å². The number of hydrogen-bond donors (Lipinski definition) is 2. The fraction of sp³-hybridized carbons (Fsp3) is 0.400. The minimum absolute atomic E-state index is 0. The van der Waals surface area contributed by atoms with E-state index in [0.717, 1.165) is 6.07 Å². The van der Waals surface area contributed by atoms with Crippen LogP contribution in [0.5, 0.6) is 0 Å². The summed E-state index contributed by atoms with van der Waals surface area (Å²) in [6, 6.07) is 3.66. The first-order valence-electron chi connectivity index (χ1n) is 5.26. The number of halogens is 2. The summed E-state index contributed by atoms with van der Waals surface area (Å²) >= 11 is 5.75. The van der Waals surface area contributed by atoms with Crippen LogP contribution >= 0.6 is 24.0 Å². The van der Waals surface area contributed by atoms with Gasteiger partial charge in [0.15, 0.2) is 4.90 Å². The molecule has 0 radical (unpaired) electrons. The van der Waals surface area contributed by atoms with Gasteiger partial charge in [-0.05, 0) is 19.9 Å². The first kappa shape index (κ1) is 19.1. The van der Waals surface area contributed by atoms with Crippen LogP contribution in [0.3, 0.4) is 0 Å². The highest BCUT2D eigenvalue weighted by molar-refractivity contribution is 7.89. The van der Waals surface area contributed by atoms with Crippen molar-refractivity contribution >= 4 is 39.7 Å². The number of nitrogens with zero attached hydrogens (tertiary/aromatic N) is 1. The van der Waals surface area contributed by atoms with Crippen LogP contribution in [0, 0.1) is 10.1 Å². The minimum atomic E-state index is -4.10. The Hall–Kier alpha value is -0.930. The van der Waals surface area contributed by atoms with E-state index in [2.05, 4.69) is 4.72 Å². The van der Waals surface area contributed by atoms with Crippen LogP contribution in [0.15, 0.2) is 23.1 Å². The first-order valence-corrected chi connectivity index (χ1v) is 7.12. The molecule has 20 heavy (non-hydrogen) atoms. The van der Waals surface area contributed by atoms with Gasteiger partial charge in [-0.3, -0.25) is 10.1 Å². The molecular weight excluding hydrogens is 329 g/mol. The number of nitrogens with one attached hydrogen (secondary N) is 1. The van der Waals surface area contributed by atoms with Gasteiger partial charge in [0.05, 0.1) is 9.95 Å². The highest BCUT2D eigenvalue weighted by Gasteiger charge is 2.29. The fourth-order valence-electron chi connectivity index (χ4n) is 1.26. The SMILES string of the molecule is CC(C)(N)CNS(=O)(=O)c1c(Cl)cccc1[N+](=O)[O-].Cl. The summed E-state index contributed by atoms with van der Waals surface area (Å²) < 4.78 is 26.3. The smallest absolute Gasteiger partial charge is 0.290 e. The summed E-state index contributed by atoms with van der Waals surface area (Å²) in [4.78, 5) is 9.50. The van der Waals surface area contributed by atoms with E-state index in [4.69, 9.17) is 17.3 Å². The van der Waals surface area contributed by atoms with Crippen molar-refractivity contribution in [3.8, 4) is 0 Å². The van der Waals surface area contributed by atoms with E-state index in [0.29, 0.717) is 0 Å². The Morgan fingerprint density at radius 1 is 1.45 bits per heavy atom. The minimum Gasteiger partial charge on any atom is -0.324 e. The van der Waals surface area contributed by atoms with Crippen LogP contribution < -0.4 is 10.5 Å². The molecule has 1 aromatic rings. The van der Waals surface area contributed by atoms with Crippen molar-refractivity contribution in [2.24, 2.45) is 5.73 Å². The summed E-state index contributed by atoms with van der Waals surface area (Å²) in [6.07, 6.45) is 0. The molecule has 0 saturated heterocycles. The molecule has 10 heteroatoms. The number of nitrogens with two attached hydrogens (primary N) is 1. The van der Waals surface area contributed by atoms with Crippen LogP contribution in [0.25, 0.3) is 0 Å². The summed E-state index contributed by atoms with van der Waals surface area (Å²) in [5, 5.41) is 10.6. The Kier molecular flexibility index (Phi) is 6.37. The second-order valence-electron chi connectivity index (χ2n) is 4.66. The number of nitro benzene ring substituents is 1. The normalized spacial score (nSPS) is 11.8. The van der Waals surface area contributed by atoms with E-state index in [-0.39, 0.29) is 24.0 Å². The number of benzene rings is 1. The Bertz CT molecular complexity index is 599. The quantitative estimate of drug-likeness (QED) is 0.623. The van der Waals surface area contributed by atoms with E-state index in [1.807, 2.05) is 0 Å². The first-order chi connectivity index (χ1) is 8.54. The van der Waals surface area contributed by atoms with Gasteiger partial charge in [0.25, 0.3) is 5.69 Å². The molecule has 0 bridgehead atoms. The topological polar surface area (TPSA) is 115 Å². The second-order valence-corrected chi connectivity index (χ2v) is 6.77. The predicted molar refractivity (Wildman–Crippen MR) is 78.8 cm³/mol. The fourth-order valence-corrected chi connectivity index (χ4v) is 3.18. The average molecular weight is 344 g/mol. The predicted octanol–water partition coefficient (Wildman–Crippen LogP) is 1.69. The van der Waals surface area contributed by atoms with E-state index in [1.54, 1.807) is 13.8 Å². The van der Waals surface area contributed by atoms with E-state index >= 15 is 0 Å². The number of nitro groups is 1. The Labute approximate surface area is 128 Å². The van der Waals surface area contributed by atoms with Gasteiger partial charge in [-0.15, -0.1) is 12.4 Å². The lowest BCUT2D eigenvalue weighted by molar-refractivity contribution is -0.387. The van der Waals surface area contributed by atoms with E-state index < -0.39 is 31.1 Å². The molecule has 0 unspecified atom stereocenters. The van der Waals surface area contributed by atoms with Crippen molar-refractivity contribution in [1.29, 1.82) is 0 Å². The number of rotatable bonds is 5. The molecular formula is C10H15Cl2N3O4S. The van der Waals surface area contributed by atoms with Crippen molar-refractivity contribution < 1.29 is 13.3 Å². The molecule has 0 amide bonds. The molecule has 0 aromatic heterocycles. The zero-order valence-corrected chi connectivity index (χ0v) is 13.2. The molecule has 0 aliphatic heterocycles. The van der Waals surface area contributed by atoms with Gasteiger partial charge < -0.3 is 5.73 Å². The molecule has 1 rings (SSSR count). The van der Waals surface area contributed by atoms with Gasteiger partial charge in [-0.2, -0.15) is 0 Å². The summed E-state index contributed by atoms with van der Waals surface area (Å²) in [6.45, 7) is 3.17. The molecule has 7 nitrogen and oxygen atoms in total. The van der Waals surface area contributed by atoms with Crippen LogP contribution in [-0.4, -0.2) is 25.4 Å². The van der Waals surface area contributed by atoms with Crippen LogP contribution in [0.1, 0.15) is 13.8 Å². The summed E-state index contributed by atoms with van der Waals surface area (Å²) in [7, 11) is -4.10. The second kappa shape index (κ2) is 6.68. The summed E-state index contributed by atoms with van der Waals surface area (Å²) in [5.41, 5.74) is 4.30. The zero-order valence-electron chi connectivity index (χ0n) is 10.8. The van der Waals surface area contributed by atoms with Gasteiger partial charge in [-0.1, -0.05) is 17.7 Å². The van der Waals surface area contributed by atoms with Crippen molar-refractivity contribution in [2.45, 2.75) is 24.3 Å². The highest BCUT2D eigenvalue weighted by Crippen LogP contribution is 2.30. The van der Waals surface area contributed by atoms with Crippen LogP contribution in [0.2, 0.25) is 5.02 Å². The molecule has 0 heterocycles. The van der Waals surface area contributed by atoms with Crippen molar-refractivity contribution in [3.63, 3.8) is 0 Å². The van der Waals surface area contributed by atoms with E-state index in [9.17, 15) is 18.5 Å². The van der Waals surface area contributed by atoms with Gasteiger partial charge in [0.2, 0.25) is 10.0 Å². The van der Waals surface area contributed by atoms with Gasteiger partial charge >= 0.3 is 0 Å².